The fraction of sp³-hybridized carbons (Fsp3) is 0.273. The molecule has 0 aliphatic rings. The monoisotopic (exact) mass is 319 g/mol. The molecular weight excluding hydrogens is 305 g/mol. The number of carbonyl (C=O) groups excluding carboxylic acids is 1. The Balaban J connectivity index is 2.96. The Labute approximate surface area is 121 Å². The van der Waals surface area contributed by atoms with Crippen molar-refractivity contribution in [3.05, 3.63) is 29.6 Å². The van der Waals surface area contributed by atoms with E-state index in [0.29, 0.717) is 0 Å². The Bertz CT molecular complexity index is 632. The van der Waals surface area contributed by atoms with Crippen LogP contribution >= 0.6 is 12.2 Å². The van der Waals surface area contributed by atoms with Crippen LogP contribution in [0.1, 0.15) is 12.5 Å². The van der Waals surface area contributed by atoms with Crippen molar-refractivity contribution in [3.8, 4) is 0 Å². The van der Waals surface area contributed by atoms with Gasteiger partial charge in [0.2, 0.25) is 15.9 Å². The third-order valence-electron chi connectivity index (χ3n) is 2.30. The van der Waals surface area contributed by atoms with E-state index in [2.05, 4.69) is 22.3 Å². The minimum Gasteiger partial charge on any atom is -0.389 e. The highest BCUT2D eigenvalue weighted by Gasteiger charge is 2.22. The molecule has 0 spiro atoms. The molecule has 0 aliphatic heterocycles. The van der Waals surface area contributed by atoms with E-state index in [1.54, 1.807) is 0 Å². The van der Waals surface area contributed by atoms with Gasteiger partial charge in [0, 0.05) is 20.0 Å². The van der Waals surface area contributed by atoms with Crippen LogP contribution in [0.5, 0.6) is 0 Å². The van der Waals surface area contributed by atoms with Crippen molar-refractivity contribution in [1.29, 1.82) is 0 Å². The summed E-state index contributed by atoms with van der Waals surface area (Å²) >= 11 is 4.66. The SMILES string of the molecule is CC(=O)NCCNS(=O)(=O)c1cccc(F)c1C(N)=S. The zero-order valence-corrected chi connectivity index (χ0v) is 12.3. The Morgan fingerprint density at radius 2 is 2.05 bits per heavy atom. The van der Waals surface area contributed by atoms with E-state index in [1.807, 2.05) is 0 Å². The molecule has 1 rings (SSSR count). The Morgan fingerprint density at radius 3 is 2.60 bits per heavy atom. The molecule has 20 heavy (non-hydrogen) atoms. The summed E-state index contributed by atoms with van der Waals surface area (Å²) in [4.78, 5) is 9.99. The summed E-state index contributed by atoms with van der Waals surface area (Å²) in [6.45, 7) is 1.40. The number of hydrogen-bond donors (Lipinski definition) is 3. The topological polar surface area (TPSA) is 101 Å². The summed E-state index contributed by atoms with van der Waals surface area (Å²) in [5, 5.41) is 2.43. The van der Waals surface area contributed by atoms with Gasteiger partial charge in [-0.15, -0.1) is 0 Å². The first kappa shape index (κ1) is 16.5. The van der Waals surface area contributed by atoms with Crippen LogP contribution < -0.4 is 15.8 Å². The van der Waals surface area contributed by atoms with Crippen molar-refractivity contribution < 1.29 is 17.6 Å². The Morgan fingerprint density at radius 1 is 1.40 bits per heavy atom. The molecule has 1 aromatic rings. The summed E-state index contributed by atoms with van der Waals surface area (Å²) in [5.74, 6) is -1.08. The lowest BCUT2D eigenvalue weighted by molar-refractivity contribution is -0.118. The minimum atomic E-state index is -3.97. The quantitative estimate of drug-likeness (QED) is 0.501. The smallest absolute Gasteiger partial charge is 0.241 e. The molecule has 0 aromatic heterocycles. The molecule has 110 valence electrons. The minimum absolute atomic E-state index is 0.0325. The first-order chi connectivity index (χ1) is 9.25. The third-order valence-corrected chi connectivity index (χ3v) is 4.01. The number of nitrogens with two attached hydrogens (primary N) is 1. The zero-order valence-electron chi connectivity index (χ0n) is 10.6. The number of halogens is 1. The molecule has 0 atom stereocenters. The van der Waals surface area contributed by atoms with Gasteiger partial charge in [-0.3, -0.25) is 4.79 Å². The summed E-state index contributed by atoms with van der Waals surface area (Å²) in [5.41, 5.74) is 5.02. The summed E-state index contributed by atoms with van der Waals surface area (Å²) in [6, 6.07) is 3.53. The van der Waals surface area contributed by atoms with Gasteiger partial charge in [0.15, 0.2) is 0 Å². The zero-order chi connectivity index (χ0) is 15.3. The second-order valence-corrected chi connectivity index (χ2v) is 6.03. The predicted molar refractivity (Wildman–Crippen MR) is 76.2 cm³/mol. The molecule has 0 radical (unpaired) electrons. The molecule has 0 heterocycles. The van der Waals surface area contributed by atoms with Crippen LogP contribution in [-0.4, -0.2) is 32.4 Å². The summed E-state index contributed by atoms with van der Waals surface area (Å²) < 4.78 is 39.9. The van der Waals surface area contributed by atoms with Gasteiger partial charge in [0.25, 0.3) is 0 Å². The number of amides is 1. The average Bonchev–Trinajstić information content (AvgIpc) is 2.33. The lowest BCUT2D eigenvalue weighted by atomic mass is 10.2. The van der Waals surface area contributed by atoms with E-state index in [0.717, 1.165) is 6.07 Å². The number of thiocarbonyl (C=S) groups is 1. The van der Waals surface area contributed by atoms with Crippen molar-refractivity contribution in [2.24, 2.45) is 5.73 Å². The number of carbonyl (C=O) groups is 1. The van der Waals surface area contributed by atoms with Crippen LogP contribution in [0.3, 0.4) is 0 Å². The number of nitrogens with one attached hydrogen (secondary N) is 2. The molecule has 0 unspecified atom stereocenters. The second kappa shape index (κ2) is 6.73. The fourth-order valence-corrected chi connectivity index (χ4v) is 3.00. The lowest BCUT2D eigenvalue weighted by Crippen LogP contribution is -2.34. The number of rotatable bonds is 6. The van der Waals surface area contributed by atoms with Gasteiger partial charge in [-0.05, 0) is 12.1 Å². The number of sulfonamides is 1. The summed E-state index contributed by atoms with van der Waals surface area (Å²) in [6.07, 6.45) is 0. The van der Waals surface area contributed by atoms with Gasteiger partial charge < -0.3 is 11.1 Å². The molecule has 4 N–H and O–H groups in total. The van der Waals surface area contributed by atoms with Gasteiger partial charge in [-0.2, -0.15) is 0 Å². The van der Waals surface area contributed by atoms with Crippen LogP contribution in [0.4, 0.5) is 4.39 Å². The highest BCUT2D eigenvalue weighted by atomic mass is 32.2. The first-order valence-electron chi connectivity index (χ1n) is 5.58. The summed E-state index contributed by atoms with van der Waals surface area (Å²) in [7, 11) is -3.97. The Kier molecular flexibility index (Phi) is 5.54. The van der Waals surface area contributed by atoms with Crippen molar-refractivity contribution in [1.82, 2.24) is 10.0 Å². The van der Waals surface area contributed by atoms with Crippen molar-refractivity contribution >= 4 is 33.1 Å². The van der Waals surface area contributed by atoms with E-state index >= 15 is 0 Å². The van der Waals surface area contributed by atoms with E-state index in [1.165, 1.54) is 19.1 Å². The molecule has 0 saturated carbocycles. The second-order valence-electron chi connectivity index (χ2n) is 3.86. The predicted octanol–water partition coefficient (Wildman–Crippen LogP) is -0.126. The molecule has 0 bridgehead atoms. The van der Waals surface area contributed by atoms with Crippen LogP contribution in [0.15, 0.2) is 23.1 Å². The normalized spacial score (nSPS) is 11.1. The van der Waals surface area contributed by atoms with Gasteiger partial charge in [0.1, 0.15) is 10.8 Å². The maximum Gasteiger partial charge on any atom is 0.241 e. The third kappa shape index (κ3) is 4.22. The number of hydrogen-bond acceptors (Lipinski definition) is 4. The lowest BCUT2D eigenvalue weighted by Gasteiger charge is -2.11. The van der Waals surface area contributed by atoms with Crippen molar-refractivity contribution in [2.75, 3.05) is 13.1 Å². The molecule has 1 amide bonds. The molecule has 0 saturated heterocycles. The van der Waals surface area contributed by atoms with Crippen LogP contribution in [0, 0.1) is 5.82 Å². The van der Waals surface area contributed by atoms with E-state index < -0.39 is 15.8 Å². The average molecular weight is 319 g/mol. The highest BCUT2D eigenvalue weighted by molar-refractivity contribution is 7.89. The van der Waals surface area contributed by atoms with Gasteiger partial charge in [-0.1, -0.05) is 18.3 Å². The molecular formula is C11H14FN3O3S2. The fourth-order valence-electron chi connectivity index (χ4n) is 1.47. The maximum atomic E-state index is 13.6. The molecule has 0 fully saturated rings. The van der Waals surface area contributed by atoms with Gasteiger partial charge >= 0.3 is 0 Å². The largest absolute Gasteiger partial charge is 0.389 e. The first-order valence-corrected chi connectivity index (χ1v) is 7.47. The molecule has 1 aromatic carbocycles. The Hall–Kier alpha value is -1.58. The number of benzene rings is 1. The maximum absolute atomic E-state index is 13.6. The highest BCUT2D eigenvalue weighted by Crippen LogP contribution is 2.18. The molecule has 6 nitrogen and oxygen atoms in total. The van der Waals surface area contributed by atoms with E-state index in [9.17, 15) is 17.6 Å². The standard InChI is InChI=1S/C11H14FN3O3S2/c1-7(16)14-5-6-15-20(17,18)9-4-2-3-8(12)10(9)11(13)19/h2-4,15H,5-6H2,1H3,(H2,13,19)(H,14,16). The van der Waals surface area contributed by atoms with E-state index in [4.69, 9.17) is 5.73 Å². The van der Waals surface area contributed by atoms with Gasteiger partial charge in [0.05, 0.1) is 10.5 Å². The van der Waals surface area contributed by atoms with Crippen LogP contribution in [0.2, 0.25) is 0 Å². The molecule has 0 aliphatic carbocycles. The van der Waals surface area contributed by atoms with E-state index in [-0.39, 0.29) is 34.4 Å². The van der Waals surface area contributed by atoms with Crippen LogP contribution in [-0.2, 0) is 14.8 Å². The van der Waals surface area contributed by atoms with Crippen LogP contribution in [0.25, 0.3) is 0 Å². The van der Waals surface area contributed by atoms with Crippen molar-refractivity contribution in [3.63, 3.8) is 0 Å². The van der Waals surface area contributed by atoms with Crippen molar-refractivity contribution in [2.45, 2.75) is 11.8 Å². The van der Waals surface area contributed by atoms with Gasteiger partial charge in [-0.25, -0.2) is 17.5 Å². The molecule has 9 heteroatoms.